The number of sulfonamides is 1. The first-order valence-electron chi connectivity index (χ1n) is 11.3. The number of hydrogen-bond donors (Lipinski definition) is 0. The van der Waals surface area contributed by atoms with Crippen molar-refractivity contribution in [1.29, 1.82) is 0 Å². The van der Waals surface area contributed by atoms with Gasteiger partial charge in [0.15, 0.2) is 6.61 Å². The molecule has 3 heterocycles. The average Bonchev–Trinajstić information content (AvgIpc) is 3.37. The van der Waals surface area contributed by atoms with Gasteiger partial charge < -0.3 is 14.4 Å². The molecule has 11 heteroatoms. The molecule has 1 aromatic rings. The summed E-state index contributed by atoms with van der Waals surface area (Å²) in [5, 5.41) is 0. The van der Waals surface area contributed by atoms with Crippen molar-refractivity contribution in [3.05, 3.63) is 18.2 Å². The third-order valence-electron chi connectivity index (χ3n) is 6.26. The molecule has 180 valence electrons. The summed E-state index contributed by atoms with van der Waals surface area (Å²) in [6.07, 6.45) is 2.95. The molecule has 1 atom stereocenters. The zero-order valence-electron chi connectivity index (χ0n) is 18.7. The molecule has 0 spiro atoms. The maximum Gasteiger partial charge on any atom is 0.310 e. The molecule has 0 aromatic heterocycles. The van der Waals surface area contributed by atoms with Crippen LogP contribution < -0.4 is 9.64 Å². The minimum absolute atomic E-state index is 0.0687. The standard InChI is InChI=1S/C22H29N3O7S/c1-2-31-22(28)16-6-5-9-23(13-16)20(26)14-25-18-12-17(7-8-19(18)32-15-21(25)27)33(29,30)24-10-3-4-11-24/h7-8,12,16H,2-6,9-11,13-15H2,1H3. The summed E-state index contributed by atoms with van der Waals surface area (Å²) < 4.78 is 38.0. The number of benzene rings is 1. The van der Waals surface area contributed by atoms with Gasteiger partial charge in [-0.05, 0) is 50.8 Å². The highest BCUT2D eigenvalue weighted by Crippen LogP contribution is 2.35. The highest BCUT2D eigenvalue weighted by Gasteiger charge is 2.35. The summed E-state index contributed by atoms with van der Waals surface area (Å²) in [5.74, 6) is -1.08. The maximum atomic E-state index is 13.1. The highest BCUT2D eigenvalue weighted by atomic mass is 32.2. The number of amides is 2. The van der Waals surface area contributed by atoms with Crippen LogP contribution in [0.2, 0.25) is 0 Å². The molecular formula is C22H29N3O7S. The van der Waals surface area contributed by atoms with E-state index in [4.69, 9.17) is 9.47 Å². The van der Waals surface area contributed by atoms with Gasteiger partial charge in [0.2, 0.25) is 15.9 Å². The van der Waals surface area contributed by atoms with E-state index >= 15 is 0 Å². The number of carbonyl (C=O) groups excluding carboxylic acids is 3. The fourth-order valence-electron chi connectivity index (χ4n) is 4.48. The van der Waals surface area contributed by atoms with Gasteiger partial charge in [-0.25, -0.2) is 8.42 Å². The van der Waals surface area contributed by atoms with Gasteiger partial charge in [0.1, 0.15) is 12.3 Å². The summed E-state index contributed by atoms with van der Waals surface area (Å²) in [6.45, 7) is 3.20. The van der Waals surface area contributed by atoms with Crippen LogP contribution in [0.3, 0.4) is 0 Å². The van der Waals surface area contributed by atoms with Crippen molar-refractivity contribution < 1.29 is 32.3 Å². The largest absolute Gasteiger partial charge is 0.482 e. The molecule has 2 saturated heterocycles. The van der Waals surface area contributed by atoms with E-state index in [1.807, 2.05) is 0 Å². The topological polar surface area (TPSA) is 114 Å². The van der Waals surface area contributed by atoms with Crippen LogP contribution in [-0.4, -0.2) is 81.3 Å². The lowest BCUT2D eigenvalue weighted by molar-refractivity contribution is -0.151. The zero-order valence-corrected chi connectivity index (χ0v) is 19.5. The third-order valence-corrected chi connectivity index (χ3v) is 8.16. The van der Waals surface area contributed by atoms with E-state index in [0.717, 1.165) is 12.8 Å². The monoisotopic (exact) mass is 479 g/mol. The van der Waals surface area contributed by atoms with Crippen LogP contribution in [-0.2, 0) is 29.1 Å². The van der Waals surface area contributed by atoms with Crippen molar-refractivity contribution >= 4 is 33.5 Å². The second kappa shape index (κ2) is 9.68. The number of anilines is 1. The normalized spacial score (nSPS) is 21.5. The quantitative estimate of drug-likeness (QED) is 0.559. The number of ether oxygens (including phenoxy) is 2. The minimum Gasteiger partial charge on any atom is -0.482 e. The predicted octanol–water partition coefficient (Wildman–Crippen LogP) is 0.998. The van der Waals surface area contributed by atoms with E-state index in [2.05, 4.69) is 0 Å². The van der Waals surface area contributed by atoms with Crippen molar-refractivity contribution in [2.24, 2.45) is 5.92 Å². The molecule has 0 N–H and O–H groups in total. The van der Waals surface area contributed by atoms with Crippen molar-refractivity contribution in [3.63, 3.8) is 0 Å². The van der Waals surface area contributed by atoms with E-state index in [0.29, 0.717) is 38.2 Å². The Balaban J connectivity index is 1.53. The number of esters is 1. The van der Waals surface area contributed by atoms with Gasteiger partial charge in [0.25, 0.3) is 5.91 Å². The van der Waals surface area contributed by atoms with Gasteiger partial charge in [0.05, 0.1) is 23.1 Å². The zero-order chi connectivity index (χ0) is 23.6. The molecule has 33 heavy (non-hydrogen) atoms. The van der Waals surface area contributed by atoms with Gasteiger partial charge in [0, 0.05) is 26.2 Å². The molecule has 0 bridgehead atoms. The molecule has 0 radical (unpaired) electrons. The van der Waals surface area contributed by atoms with Crippen molar-refractivity contribution in [2.45, 2.75) is 37.5 Å². The molecule has 0 aliphatic carbocycles. The predicted molar refractivity (Wildman–Crippen MR) is 118 cm³/mol. The van der Waals surface area contributed by atoms with Crippen LogP contribution in [0.25, 0.3) is 0 Å². The summed E-state index contributed by atoms with van der Waals surface area (Å²) in [4.78, 5) is 40.7. The molecule has 3 aliphatic heterocycles. The Bertz CT molecular complexity index is 1040. The van der Waals surface area contributed by atoms with E-state index in [9.17, 15) is 22.8 Å². The highest BCUT2D eigenvalue weighted by molar-refractivity contribution is 7.89. The smallest absolute Gasteiger partial charge is 0.310 e. The molecule has 1 unspecified atom stereocenters. The first kappa shape index (κ1) is 23.5. The minimum atomic E-state index is -3.69. The number of carbonyl (C=O) groups is 3. The summed E-state index contributed by atoms with van der Waals surface area (Å²) in [7, 11) is -3.69. The Morgan fingerprint density at radius 3 is 2.64 bits per heavy atom. The van der Waals surface area contributed by atoms with Gasteiger partial charge in [-0.3, -0.25) is 19.3 Å². The van der Waals surface area contributed by atoms with Crippen LogP contribution in [0.1, 0.15) is 32.6 Å². The molecule has 3 aliphatic rings. The summed E-state index contributed by atoms with van der Waals surface area (Å²) in [6, 6.07) is 4.40. The molecular weight excluding hydrogens is 450 g/mol. The van der Waals surface area contributed by atoms with E-state index < -0.39 is 15.9 Å². The lowest BCUT2D eigenvalue weighted by Gasteiger charge is -2.35. The number of likely N-dealkylation sites (tertiary alicyclic amines) is 1. The van der Waals surface area contributed by atoms with E-state index in [-0.39, 0.29) is 54.7 Å². The number of fused-ring (bicyclic) bond motifs is 1. The Morgan fingerprint density at radius 2 is 1.91 bits per heavy atom. The lowest BCUT2D eigenvalue weighted by atomic mass is 9.98. The fourth-order valence-corrected chi connectivity index (χ4v) is 6.02. The third kappa shape index (κ3) is 4.84. The van der Waals surface area contributed by atoms with Gasteiger partial charge >= 0.3 is 5.97 Å². The second-order valence-electron chi connectivity index (χ2n) is 8.44. The molecule has 2 fully saturated rings. The fraction of sp³-hybridized carbons (Fsp3) is 0.591. The number of piperidine rings is 1. The SMILES string of the molecule is CCOC(=O)C1CCCN(C(=O)CN2C(=O)COc3ccc(S(=O)(=O)N4CCCC4)cc32)C1. The van der Waals surface area contributed by atoms with Crippen molar-refractivity contribution in [1.82, 2.24) is 9.21 Å². The van der Waals surface area contributed by atoms with Gasteiger partial charge in [-0.2, -0.15) is 4.31 Å². The lowest BCUT2D eigenvalue weighted by Crippen LogP contribution is -2.49. The van der Waals surface area contributed by atoms with Crippen LogP contribution in [0.4, 0.5) is 5.69 Å². The Kier molecular flexibility index (Phi) is 6.89. The van der Waals surface area contributed by atoms with E-state index in [1.54, 1.807) is 11.8 Å². The first-order valence-corrected chi connectivity index (χ1v) is 12.8. The number of rotatable bonds is 6. The number of nitrogens with zero attached hydrogens (tertiary/aromatic N) is 3. The van der Waals surface area contributed by atoms with Crippen LogP contribution in [0.15, 0.2) is 23.1 Å². The van der Waals surface area contributed by atoms with Crippen LogP contribution >= 0.6 is 0 Å². The summed E-state index contributed by atoms with van der Waals surface area (Å²) >= 11 is 0. The van der Waals surface area contributed by atoms with Gasteiger partial charge in [-0.15, -0.1) is 0 Å². The van der Waals surface area contributed by atoms with Gasteiger partial charge in [-0.1, -0.05) is 0 Å². The van der Waals surface area contributed by atoms with Crippen molar-refractivity contribution in [2.75, 3.05) is 50.8 Å². The molecule has 1 aromatic carbocycles. The second-order valence-corrected chi connectivity index (χ2v) is 10.4. The number of hydrogen-bond acceptors (Lipinski definition) is 7. The van der Waals surface area contributed by atoms with E-state index in [1.165, 1.54) is 27.4 Å². The first-order chi connectivity index (χ1) is 15.8. The Morgan fingerprint density at radius 1 is 1.15 bits per heavy atom. The molecule has 10 nitrogen and oxygen atoms in total. The summed E-state index contributed by atoms with van der Waals surface area (Å²) in [5.41, 5.74) is 0.263. The molecule has 2 amide bonds. The van der Waals surface area contributed by atoms with Crippen LogP contribution in [0.5, 0.6) is 5.75 Å². The molecule has 0 saturated carbocycles. The van der Waals surface area contributed by atoms with Crippen molar-refractivity contribution in [3.8, 4) is 5.75 Å². The van der Waals surface area contributed by atoms with Crippen LogP contribution in [0, 0.1) is 5.92 Å². The average molecular weight is 480 g/mol. The molecule has 4 rings (SSSR count). The maximum absolute atomic E-state index is 13.1. The Labute approximate surface area is 193 Å². The Hall–Kier alpha value is -2.66.